The van der Waals surface area contributed by atoms with E-state index in [-0.39, 0.29) is 5.25 Å². The van der Waals surface area contributed by atoms with E-state index in [2.05, 4.69) is 6.92 Å². The molecule has 0 atom stereocenters. The van der Waals surface area contributed by atoms with Crippen molar-refractivity contribution >= 4 is 10.0 Å². The van der Waals surface area contributed by atoms with Crippen LogP contribution in [0.25, 0.3) is 0 Å². The maximum absolute atomic E-state index is 11.2. The van der Waals surface area contributed by atoms with Gasteiger partial charge in [-0.05, 0) is 31.6 Å². The molecule has 1 aliphatic rings. The van der Waals surface area contributed by atoms with Gasteiger partial charge in [0.05, 0.1) is 5.25 Å². The summed E-state index contributed by atoms with van der Waals surface area (Å²) in [5, 5.41) is -0.265. The molecule has 1 fully saturated rings. The van der Waals surface area contributed by atoms with Gasteiger partial charge in [0.25, 0.3) is 0 Å². The Kier molecular flexibility index (Phi) is 3.09. The van der Waals surface area contributed by atoms with Crippen LogP contribution in [0.2, 0.25) is 0 Å². The summed E-state index contributed by atoms with van der Waals surface area (Å²) >= 11 is 0. The highest BCUT2D eigenvalue weighted by molar-refractivity contribution is 7.90. The van der Waals surface area contributed by atoms with Gasteiger partial charge in [-0.25, -0.2) is 8.42 Å². The number of hydrogen-bond acceptors (Lipinski definition) is 3. The van der Waals surface area contributed by atoms with E-state index in [0.29, 0.717) is 5.92 Å². The smallest absolute Gasteiger partial charge is 0.226 e. The molecule has 0 bridgehead atoms. The molecular weight excluding hydrogens is 176 g/mol. The Bertz CT molecular complexity index is 230. The van der Waals surface area contributed by atoms with Crippen LogP contribution in [0.15, 0.2) is 0 Å². The van der Waals surface area contributed by atoms with Crippen molar-refractivity contribution in [1.29, 1.82) is 0 Å². The van der Waals surface area contributed by atoms with Gasteiger partial charge in [0.1, 0.15) is 0 Å². The van der Waals surface area contributed by atoms with E-state index in [4.69, 9.17) is 5.84 Å². The van der Waals surface area contributed by atoms with Crippen molar-refractivity contribution in [2.24, 2.45) is 11.8 Å². The van der Waals surface area contributed by atoms with Crippen molar-refractivity contribution in [3.63, 3.8) is 0 Å². The zero-order chi connectivity index (χ0) is 9.19. The number of hydrazine groups is 1. The maximum Gasteiger partial charge on any atom is 0.226 e. The molecule has 0 unspecified atom stereocenters. The van der Waals surface area contributed by atoms with Gasteiger partial charge in [0.2, 0.25) is 10.0 Å². The predicted molar refractivity (Wildman–Crippen MR) is 47.7 cm³/mol. The Morgan fingerprint density at radius 3 is 2.17 bits per heavy atom. The average molecular weight is 192 g/mol. The molecule has 0 aromatic rings. The van der Waals surface area contributed by atoms with E-state index in [1.54, 1.807) is 0 Å². The molecule has 1 aliphatic carbocycles. The second-order valence-corrected chi connectivity index (χ2v) is 5.54. The lowest BCUT2D eigenvalue weighted by molar-refractivity contribution is 0.380. The predicted octanol–water partition coefficient (Wildman–Crippen LogP) is 0.358. The van der Waals surface area contributed by atoms with E-state index in [1.165, 1.54) is 0 Å². The Balaban J connectivity index is 2.56. The van der Waals surface area contributed by atoms with Crippen molar-refractivity contribution in [3.05, 3.63) is 0 Å². The molecule has 0 heterocycles. The van der Waals surface area contributed by atoms with Crippen LogP contribution in [0.1, 0.15) is 32.6 Å². The van der Waals surface area contributed by atoms with E-state index in [0.717, 1.165) is 25.7 Å². The number of sulfonamides is 1. The van der Waals surface area contributed by atoms with Gasteiger partial charge in [0.15, 0.2) is 0 Å². The number of rotatable bonds is 2. The highest BCUT2D eigenvalue weighted by Gasteiger charge is 2.28. The Hall–Kier alpha value is -0.130. The quantitative estimate of drug-likeness (QED) is 0.490. The Morgan fingerprint density at radius 1 is 1.25 bits per heavy atom. The van der Waals surface area contributed by atoms with Crippen molar-refractivity contribution < 1.29 is 8.42 Å². The van der Waals surface area contributed by atoms with Gasteiger partial charge in [-0.2, -0.15) is 4.83 Å². The first-order valence-electron chi connectivity index (χ1n) is 4.27. The van der Waals surface area contributed by atoms with Crippen LogP contribution < -0.4 is 10.7 Å². The average Bonchev–Trinajstić information content (AvgIpc) is 2.05. The van der Waals surface area contributed by atoms with Gasteiger partial charge in [-0.3, -0.25) is 5.84 Å². The largest absolute Gasteiger partial charge is 0.258 e. The standard InChI is InChI=1S/C7H16N2O2S/c1-6-2-4-7(5-3-6)12(10,11)9-8/h6-7,9H,2-5,8H2,1H3. The second kappa shape index (κ2) is 3.72. The molecule has 0 radical (unpaired) electrons. The minimum absolute atomic E-state index is 0.265. The zero-order valence-corrected chi connectivity index (χ0v) is 8.10. The van der Waals surface area contributed by atoms with Gasteiger partial charge in [0, 0.05) is 0 Å². The summed E-state index contributed by atoms with van der Waals surface area (Å²) < 4.78 is 22.4. The molecule has 0 aromatic heterocycles. The zero-order valence-electron chi connectivity index (χ0n) is 7.29. The fraction of sp³-hybridized carbons (Fsp3) is 1.00. The minimum Gasteiger partial charge on any atom is -0.258 e. The van der Waals surface area contributed by atoms with E-state index >= 15 is 0 Å². The summed E-state index contributed by atoms with van der Waals surface area (Å²) in [5.74, 6) is 5.60. The van der Waals surface area contributed by atoms with Crippen molar-refractivity contribution in [2.45, 2.75) is 37.9 Å². The molecule has 0 amide bonds. The summed E-state index contributed by atoms with van der Waals surface area (Å²) in [5.41, 5.74) is 0. The van der Waals surface area contributed by atoms with Crippen molar-refractivity contribution in [1.82, 2.24) is 4.83 Å². The second-order valence-electron chi connectivity index (χ2n) is 3.54. The topological polar surface area (TPSA) is 72.2 Å². The lowest BCUT2D eigenvalue weighted by Gasteiger charge is -2.25. The van der Waals surface area contributed by atoms with Gasteiger partial charge in [-0.15, -0.1) is 0 Å². The monoisotopic (exact) mass is 192 g/mol. The van der Waals surface area contributed by atoms with E-state index < -0.39 is 10.0 Å². The van der Waals surface area contributed by atoms with Gasteiger partial charge < -0.3 is 0 Å². The molecule has 0 saturated heterocycles. The number of nitrogens with one attached hydrogen (secondary N) is 1. The first kappa shape index (κ1) is 9.95. The summed E-state index contributed by atoms with van der Waals surface area (Å²) in [6.45, 7) is 2.15. The van der Waals surface area contributed by atoms with Gasteiger partial charge in [-0.1, -0.05) is 6.92 Å². The SMILES string of the molecule is CC1CCC(S(=O)(=O)NN)CC1. The fourth-order valence-corrected chi connectivity index (χ4v) is 2.72. The molecule has 72 valence electrons. The first-order chi connectivity index (χ1) is 5.56. The first-order valence-corrected chi connectivity index (χ1v) is 5.82. The lowest BCUT2D eigenvalue weighted by Crippen LogP contribution is -2.40. The molecule has 3 N–H and O–H groups in total. The van der Waals surface area contributed by atoms with Crippen LogP contribution in [0.4, 0.5) is 0 Å². The molecular formula is C7H16N2O2S. The highest BCUT2D eigenvalue weighted by Crippen LogP contribution is 2.27. The molecule has 0 aromatic carbocycles. The summed E-state index contributed by atoms with van der Waals surface area (Å²) in [4.78, 5) is 1.90. The molecule has 0 aliphatic heterocycles. The van der Waals surface area contributed by atoms with Gasteiger partial charge >= 0.3 is 0 Å². The highest BCUT2D eigenvalue weighted by atomic mass is 32.2. The lowest BCUT2D eigenvalue weighted by atomic mass is 9.91. The minimum atomic E-state index is -3.22. The third-order valence-corrected chi connectivity index (χ3v) is 4.24. The fourth-order valence-electron chi connectivity index (χ4n) is 1.64. The van der Waals surface area contributed by atoms with Crippen LogP contribution in [0.3, 0.4) is 0 Å². The van der Waals surface area contributed by atoms with Crippen molar-refractivity contribution in [2.75, 3.05) is 0 Å². The summed E-state index contributed by atoms with van der Waals surface area (Å²) in [7, 11) is -3.22. The van der Waals surface area contributed by atoms with Crippen LogP contribution in [-0.4, -0.2) is 13.7 Å². The van der Waals surface area contributed by atoms with Crippen LogP contribution in [0, 0.1) is 5.92 Å². The molecule has 0 spiro atoms. The van der Waals surface area contributed by atoms with E-state index in [9.17, 15) is 8.42 Å². The normalized spacial score (nSPS) is 31.8. The summed E-state index contributed by atoms with van der Waals surface area (Å²) in [6.07, 6.45) is 3.47. The molecule has 1 saturated carbocycles. The number of nitrogens with two attached hydrogens (primary N) is 1. The number of hydrogen-bond donors (Lipinski definition) is 2. The van der Waals surface area contributed by atoms with Crippen LogP contribution in [-0.2, 0) is 10.0 Å². The maximum atomic E-state index is 11.2. The van der Waals surface area contributed by atoms with Crippen LogP contribution in [0.5, 0.6) is 0 Å². The Morgan fingerprint density at radius 2 is 1.75 bits per heavy atom. The Labute approximate surface area is 73.5 Å². The molecule has 12 heavy (non-hydrogen) atoms. The van der Waals surface area contributed by atoms with Crippen LogP contribution >= 0.6 is 0 Å². The van der Waals surface area contributed by atoms with E-state index in [1.807, 2.05) is 4.83 Å². The summed E-state index contributed by atoms with van der Waals surface area (Å²) in [6, 6.07) is 0. The third-order valence-electron chi connectivity index (χ3n) is 2.57. The molecule has 5 heteroatoms. The molecule has 4 nitrogen and oxygen atoms in total. The van der Waals surface area contributed by atoms with Crippen molar-refractivity contribution in [3.8, 4) is 0 Å². The third kappa shape index (κ3) is 2.18. The molecule has 1 rings (SSSR count).